The molecule has 104 valence electrons. The average molecular weight is 270 g/mol. The van der Waals surface area contributed by atoms with E-state index in [-0.39, 0.29) is 11.3 Å². The standard InChI is InChI=1S/C17H18O3/c1-11(2)12-7-9-13(10-8-12)16(18)14-5-3-4-6-15(14)17(19)20/h3-11,17,19-20H,1-2H3. The summed E-state index contributed by atoms with van der Waals surface area (Å²) in [6.07, 6.45) is -1.65. The quantitative estimate of drug-likeness (QED) is 0.663. The van der Waals surface area contributed by atoms with Gasteiger partial charge in [-0.1, -0.05) is 62.4 Å². The van der Waals surface area contributed by atoms with Crippen molar-refractivity contribution in [1.82, 2.24) is 0 Å². The number of carbonyl (C=O) groups is 1. The third kappa shape index (κ3) is 2.95. The van der Waals surface area contributed by atoms with Gasteiger partial charge in [0.2, 0.25) is 0 Å². The van der Waals surface area contributed by atoms with Crippen molar-refractivity contribution >= 4 is 5.78 Å². The molecule has 0 aliphatic heterocycles. The van der Waals surface area contributed by atoms with Gasteiger partial charge in [-0.2, -0.15) is 0 Å². The molecule has 2 aromatic carbocycles. The minimum Gasteiger partial charge on any atom is -0.364 e. The minimum atomic E-state index is -1.65. The zero-order valence-electron chi connectivity index (χ0n) is 11.6. The highest BCUT2D eigenvalue weighted by molar-refractivity contribution is 6.09. The van der Waals surface area contributed by atoms with Crippen LogP contribution in [-0.4, -0.2) is 16.0 Å². The molecular formula is C17H18O3. The normalized spacial score (nSPS) is 11.1. The van der Waals surface area contributed by atoms with Crippen molar-refractivity contribution in [3.8, 4) is 0 Å². The Hall–Kier alpha value is -1.97. The first kappa shape index (κ1) is 14.4. The molecule has 0 bridgehead atoms. The van der Waals surface area contributed by atoms with Gasteiger partial charge in [-0.05, 0) is 11.5 Å². The van der Waals surface area contributed by atoms with E-state index in [2.05, 4.69) is 13.8 Å². The predicted molar refractivity (Wildman–Crippen MR) is 77.6 cm³/mol. The van der Waals surface area contributed by atoms with Crippen LogP contribution in [0.4, 0.5) is 0 Å². The van der Waals surface area contributed by atoms with Gasteiger partial charge in [0.15, 0.2) is 12.1 Å². The maximum Gasteiger partial charge on any atom is 0.193 e. The SMILES string of the molecule is CC(C)c1ccc(C(=O)c2ccccc2C(O)O)cc1. The van der Waals surface area contributed by atoms with Crippen molar-refractivity contribution < 1.29 is 15.0 Å². The summed E-state index contributed by atoms with van der Waals surface area (Å²) in [4.78, 5) is 12.4. The number of hydrogen-bond donors (Lipinski definition) is 2. The van der Waals surface area contributed by atoms with Gasteiger partial charge in [-0.3, -0.25) is 4.79 Å². The van der Waals surface area contributed by atoms with E-state index in [0.29, 0.717) is 17.0 Å². The topological polar surface area (TPSA) is 57.5 Å². The van der Waals surface area contributed by atoms with Gasteiger partial charge in [0.1, 0.15) is 0 Å². The van der Waals surface area contributed by atoms with Crippen LogP contribution in [0.15, 0.2) is 48.5 Å². The van der Waals surface area contributed by atoms with Gasteiger partial charge in [0, 0.05) is 16.7 Å². The Balaban J connectivity index is 2.36. The Morgan fingerprint density at radius 1 is 0.950 bits per heavy atom. The van der Waals surface area contributed by atoms with E-state index < -0.39 is 6.29 Å². The maximum absolute atomic E-state index is 12.4. The molecule has 2 rings (SSSR count). The fraction of sp³-hybridized carbons (Fsp3) is 0.235. The molecule has 0 saturated carbocycles. The predicted octanol–water partition coefficient (Wildman–Crippen LogP) is 3.02. The molecule has 3 nitrogen and oxygen atoms in total. The Bertz CT molecular complexity index is 598. The molecule has 0 spiro atoms. The lowest BCUT2D eigenvalue weighted by molar-refractivity contribution is -0.0429. The average Bonchev–Trinajstić information content (AvgIpc) is 2.46. The second kappa shape index (κ2) is 5.99. The van der Waals surface area contributed by atoms with E-state index in [1.807, 2.05) is 12.1 Å². The molecule has 0 fully saturated rings. The van der Waals surface area contributed by atoms with Crippen LogP contribution in [0.2, 0.25) is 0 Å². The lowest BCUT2D eigenvalue weighted by atomic mass is 9.95. The third-order valence-corrected chi connectivity index (χ3v) is 3.32. The van der Waals surface area contributed by atoms with Crippen molar-refractivity contribution in [2.24, 2.45) is 0 Å². The molecular weight excluding hydrogens is 252 g/mol. The molecule has 0 radical (unpaired) electrons. The lowest BCUT2D eigenvalue weighted by Gasteiger charge is -2.11. The molecule has 0 heterocycles. The summed E-state index contributed by atoms with van der Waals surface area (Å²) in [7, 11) is 0. The van der Waals surface area contributed by atoms with E-state index in [1.54, 1.807) is 36.4 Å². The fourth-order valence-electron chi connectivity index (χ4n) is 2.10. The molecule has 2 N–H and O–H groups in total. The molecule has 0 aromatic heterocycles. The largest absolute Gasteiger partial charge is 0.364 e. The summed E-state index contributed by atoms with van der Waals surface area (Å²) >= 11 is 0. The Kier molecular flexibility index (Phi) is 4.32. The van der Waals surface area contributed by atoms with Gasteiger partial charge in [0.05, 0.1) is 0 Å². The molecule has 0 aliphatic carbocycles. The first-order chi connectivity index (χ1) is 9.50. The van der Waals surface area contributed by atoms with Gasteiger partial charge >= 0.3 is 0 Å². The number of hydrogen-bond acceptors (Lipinski definition) is 3. The smallest absolute Gasteiger partial charge is 0.193 e. The van der Waals surface area contributed by atoms with Crippen LogP contribution in [0.5, 0.6) is 0 Å². The number of ketones is 1. The minimum absolute atomic E-state index is 0.205. The Morgan fingerprint density at radius 2 is 1.55 bits per heavy atom. The summed E-state index contributed by atoms with van der Waals surface area (Å²) in [5.41, 5.74) is 2.25. The lowest BCUT2D eigenvalue weighted by Crippen LogP contribution is -2.08. The van der Waals surface area contributed by atoms with E-state index in [0.717, 1.165) is 5.56 Å². The molecule has 2 aromatic rings. The highest BCUT2D eigenvalue weighted by atomic mass is 16.5. The molecule has 0 aliphatic rings. The van der Waals surface area contributed by atoms with Crippen LogP contribution in [0, 0.1) is 0 Å². The number of benzene rings is 2. The van der Waals surface area contributed by atoms with Crippen molar-refractivity contribution in [3.05, 3.63) is 70.8 Å². The molecule has 0 atom stereocenters. The first-order valence-corrected chi connectivity index (χ1v) is 6.60. The highest BCUT2D eigenvalue weighted by Crippen LogP contribution is 2.21. The van der Waals surface area contributed by atoms with Crippen LogP contribution >= 0.6 is 0 Å². The van der Waals surface area contributed by atoms with Gasteiger partial charge in [-0.25, -0.2) is 0 Å². The monoisotopic (exact) mass is 270 g/mol. The van der Waals surface area contributed by atoms with Crippen molar-refractivity contribution in [1.29, 1.82) is 0 Å². The number of rotatable bonds is 4. The van der Waals surface area contributed by atoms with E-state index in [4.69, 9.17) is 0 Å². The first-order valence-electron chi connectivity index (χ1n) is 6.60. The van der Waals surface area contributed by atoms with Crippen molar-refractivity contribution in [2.75, 3.05) is 0 Å². The summed E-state index contributed by atoms with van der Waals surface area (Å²) in [6.45, 7) is 4.18. The molecule has 3 heteroatoms. The van der Waals surface area contributed by atoms with Crippen LogP contribution in [0.25, 0.3) is 0 Å². The summed E-state index contributed by atoms with van der Waals surface area (Å²) in [5.74, 6) is 0.203. The zero-order valence-corrected chi connectivity index (χ0v) is 11.6. The van der Waals surface area contributed by atoms with Crippen LogP contribution in [-0.2, 0) is 0 Å². The fourth-order valence-corrected chi connectivity index (χ4v) is 2.10. The molecule has 20 heavy (non-hydrogen) atoms. The number of aliphatic hydroxyl groups is 2. The van der Waals surface area contributed by atoms with Crippen LogP contribution < -0.4 is 0 Å². The molecule has 0 unspecified atom stereocenters. The second-order valence-corrected chi connectivity index (χ2v) is 5.07. The van der Waals surface area contributed by atoms with Crippen molar-refractivity contribution in [2.45, 2.75) is 26.1 Å². The Morgan fingerprint density at radius 3 is 2.10 bits per heavy atom. The van der Waals surface area contributed by atoms with Crippen molar-refractivity contribution in [3.63, 3.8) is 0 Å². The van der Waals surface area contributed by atoms with E-state index in [9.17, 15) is 15.0 Å². The van der Waals surface area contributed by atoms with Crippen LogP contribution in [0.1, 0.15) is 53.1 Å². The highest BCUT2D eigenvalue weighted by Gasteiger charge is 2.16. The third-order valence-electron chi connectivity index (χ3n) is 3.32. The molecule has 0 saturated heterocycles. The zero-order chi connectivity index (χ0) is 14.7. The molecule has 0 amide bonds. The summed E-state index contributed by atoms with van der Waals surface area (Å²) in [5, 5.41) is 18.6. The Labute approximate surface area is 118 Å². The van der Waals surface area contributed by atoms with Crippen LogP contribution in [0.3, 0.4) is 0 Å². The van der Waals surface area contributed by atoms with Gasteiger partial charge in [-0.15, -0.1) is 0 Å². The summed E-state index contributed by atoms with van der Waals surface area (Å²) < 4.78 is 0. The van der Waals surface area contributed by atoms with Gasteiger partial charge in [0.25, 0.3) is 0 Å². The van der Waals surface area contributed by atoms with E-state index in [1.165, 1.54) is 0 Å². The summed E-state index contributed by atoms with van der Waals surface area (Å²) in [6, 6.07) is 13.9. The van der Waals surface area contributed by atoms with E-state index >= 15 is 0 Å². The number of carbonyl (C=O) groups excluding carboxylic acids is 1. The number of aliphatic hydroxyl groups excluding tert-OH is 1. The maximum atomic E-state index is 12.4. The van der Waals surface area contributed by atoms with Gasteiger partial charge < -0.3 is 10.2 Å². The second-order valence-electron chi connectivity index (χ2n) is 5.07.